The van der Waals surface area contributed by atoms with Crippen molar-refractivity contribution in [1.82, 2.24) is 15.1 Å². The number of hydrogen-bond donors (Lipinski definition) is 1. The number of hydrogen-bond acceptors (Lipinski definition) is 4. The van der Waals surface area contributed by atoms with Crippen molar-refractivity contribution in [1.29, 1.82) is 0 Å². The van der Waals surface area contributed by atoms with Crippen molar-refractivity contribution in [2.24, 2.45) is 0 Å². The Morgan fingerprint density at radius 1 is 1.12 bits per heavy atom. The number of halogens is 6. The van der Waals surface area contributed by atoms with Crippen LogP contribution in [0.25, 0.3) is 11.3 Å². The summed E-state index contributed by atoms with van der Waals surface area (Å²) in [6, 6.07) is 4.17. The van der Waals surface area contributed by atoms with Crippen molar-refractivity contribution in [3.05, 3.63) is 77.0 Å². The summed E-state index contributed by atoms with van der Waals surface area (Å²) in [5.41, 5.74) is -3.29. The molecule has 0 aliphatic carbocycles. The van der Waals surface area contributed by atoms with Gasteiger partial charge in [0.2, 0.25) is 6.41 Å². The molecule has 1 N–H and O–H groups in total. The van der Waals surface area contributed by atoms with Crippen LogP contribution in [0.1, 0.15) is 28.1 Å². The van der Waals surface area contributed by atoms with Gasteiger partial charge in [0.15, 0.2) is 0 Å². The Morgan fingerprint density at radius 3 is 2.41 bits per heavy atom. The normalized spacial score (nSPS) is 12.7. The maximum Gasteiger partial charge on any atom is 0.418 e. The van der Waals surface area contributed by atoms with Crippen LogP contribution in [0.5, 0.6) is 0 Å². The highest BCUT2D eigenvalue weighted by Crippen LogP contribution is 2.39. The number of rotatable bonds is 5. The molecule has 12 heteroatoms. The number of benzene rings is 1. The largest absolute Gasteiger partial charge is 0.464 e. The van der Waals surface area contributed by atoms with E-state index in [-0.39, 0.29) is 35.1 Å². The van der Waals surface area contributed by atoms with Gasteiger partial charge in [0.25, 0.3) is 5.91 Å². The van der Waals surface area contributed by atoms with Crippen molar-refractivity contribution in [2.75, 3.05) is 0 Å². The summed E-state index contributed by atoms with van der Waals surface area (Å²) >= 11 is 0. The zero-order valence-electron chi connectivity index (χ0n) is 16.1. The molecule has 0 saturated heterocycles. The van der Waals surface area contributed by atoms with Crippen LogP contribution >= 0.6 is 0 Å². The molecule has 0 radical (unpaired) electrons. The maximum absolute atomic E-state index is 13.6. The van der Waals surface area contributed by atoms with Gasteiger partial charge in [-0.15, -0.1) is 0 Å². The molecule has 2 amide bonds. The van der Waals surface area contributed by atoms with Crippen LogP contribution in [0.4, 0.5) is 26.3 Å². The first-order valence-corrected chi connectivity index (χ1v) is 8.77. The third kappa shape index (κ3) is 4.58. The molecule has 0 aliphatic heterocycles. The quantitative estimate of drug-likeness (QED) is 0.347. The highest BCUT2D eigenvalue weighted by Gasteiger charge is 2.39. The molecule has 3 aromatic rings. The SMILES string of the molecule is Cc1c(C(=CC(=O)NC=O)c2ccco2)cnn1-c1ccc(C(F)(F)F)cc1C(F)(F)F. The van der Waals surface area contributed by atoms with Gasteiger partial charge in [-0.3, -0.25) is 14.9 Å². The van der Waals surface area contributed by atoms with Gasteiger partial charge in [0, 0.05) is 22.9 Å². The molecule has 0 saturated carbocycles. The first kappa shape index (κ1) is 22.8. The molecular formula is C20H13F6N3O3. The fourth-order valence-electron chi connectivity index (χ4n) is 2.99. The Labute approximate surface area is 176 Å². The number of alkyl halides is 6. The Balaban J connectivity index is 2.18. The van der Waals surface area contributed by atoms with Gasteiger partial charge >= 0.3 is 12.4 Å². The van der Waals surface area contributed by atoms with Gasteiger partial charge in [-0.2, -0.15) is 31.4 Å². The van der Waals surface area contributed by atoms with Crippen LogP contribution in [-0.4, -0.2) is 22.1 Å². The zero-order valence-corrected chi connectivity index (χ0v) is 16.1. The van der Waals surface area contributed by atoms with Crippen LogP contribution < -0.4 is 5.32 Å². The predicted molar refractivity (Wildman–Crippen MR) is 98.3 cm³/mol. The minimum Gasteiger partial charge on any atom is -0.464 e. The molecular weight excluding hydrogens is 444 g/mol. The summed E-state index contributed by atoms with van der Waals surface area (Å²) in [7, 11) is 0. The fraction of sp³-hybridized carbons (Fsp3) is 0.150. The summed E-state index contributed by atoms with van der Waals surface area (Å²) < 4.78 is 85.6. The smallest absolute Gasteiger partial charge is 0.418 e. The van der Waals surface area contributed by atoms with Gasteiger partial charge < -0.3 is 4.42 Å². The lowest BCUT2D eigenvalue weighted by Gasteiger charge is -2.17. The summed E-state index contributed by atoms with van der Waals surface area (Å²) in [6.07, 6.45) is -6.51. The molecule has 32 heavy (non-hydrogen) atoms. The van der Waals surface area contributed by atoms with Crippen molar-refractivity contribution in [3.8, 4) is 5.69 Å². The molecule has 0 bridgehead atoms. The Bertz CT molecular complexity index is 1170. The number of nitrogens with one attached hydrogen (secondary N) is 1. The molecule has 168 valence electrons. The van der Waals surface area contributed by atoms with Crippen LogP contribution in [0, 0.1) is 6.92 Å². The fourth-order valence-corrected chi connectivity index (χ4v) is 2.99. The van der Waals surface area contributed by atoms with Gasteiger partial charge in [0.05, 0.1) is 29.3 Å². The van der Waals surface area contributed by atoms with Crippen LogP contribution in [-0.2, 0) is 21.9 Å². The van der Waals surface area contributed by atoms with Crippen molar-refractivity contribution in [2.45, 2.75) is 19.3 Å². The maximum atomic E-state index is 13.6. The van der Waals surface area contributed by atoms with E-state index < -0.39 is 35.1 Å². The van der Waals surface area contributed by atoms with Crippen molar-refractivity contribution < 1.29 is 40.3 Å². The van der Waals surface area contributed by atoms with Crippen LogP contribution in [0.2, 0.25) is 0 Å². The molecule has 0 atom stereocenters. The lowest BCUT2D eigenvalue weighted by Crippen LogP contribution is -2.19. The number of aromatic nitrogens is 2. The number of nitrogens with zero attached hydrogens (tertiary/aromatic N) is 2. The van der Waals surface area contributed by atoms with Crippen LogP contribution in [0.15, 0.2) is 53.3 Å². The highest BCUT2D eigenvalue weighted by atomic mass is 19.4. The number of carbonyl (C=O) groups excluding carboxylic acids is 2. The highest BCUT2D eigenvalue weighted by molar-refractivity contribution is 6.02. The van der Waals surface area contributed by atoms with E-state index >= 15 is 0 Å². The summed E-state index contributed by atoms with van der Waals surface area (Å²) in [6.45, 7) is 1.37. The number of carbonyl (C=O) groups is 2. The molecule has 2 heterocycles. The number of imide groups is 1. The standard InChI is InChI=1S/C20H13F6N3O3/c1-11-14(13(8-18(31)27-10-30)17-3-2-6-32-17)9-28-29(11)16-5-4-12(19(21,22)23)7-15(16)20(24,25)26/h2-10H,1H3,(H,27,30,31). The van der Waals surface area contributed by atoms with E-state index in [9.17, 15) is 35.9 Å². The van der Waals surface area contributed by atoms with Crippen molar-refractivity contribution in [3.63, 3.8) is 0 Å². The predicted octanol–water partition coefficient (Wildman–Crippen LogP) is 4.52. The molecule has 3 rings (SSSR count). The average molecular weight is 457 g/mol. The molecule has 0 aliphatic rings. The minimum absolute atomic E-state index is 0.0108. The third-order valence-corrected chi connectivity index (χ3v) is 4.42. The van der Waals surface area contributed by atoms with Gasteiger partial charge in [-0.1, -0.05) is 0 Å². The van der Waals surface area contributed by atoms with E-state index in [0.29, 0.717) is 12.1 Å². The van der Waals surface area contributed by atoms with Gasteiger partial charge in [-0.25, -0.2) is 4.68 Å². The average Bonchev–Trinajstić information content (AvgIpc) is 3.35. The second kappa shape index (κ2) is 8.36. The van der Waals surface area contributed by atoms with Crippen LogP contribution in [0.3, 0.4) is 0 Å². The van der Waals surface area contributed by atoms with E-state index in [1.807, 2.05) is 5.32 Å². The van der Waals surface area contributed by atoms with Gasteiger partial charge in [-0.05, 0) is 37.3 Å². The zero-order chi connectivity index (χ0) is 23.7. The molecule has 0 spiro atoms. The Morgan fingerprint density at radius 2 is 1.84 bits per heavy atom. The monoisotopic (exact) mass is 457 g/mol. The number of furan rings is 1. The molecule has 2 aromatic heterocycles. The lowest BCUT2D eigenvalue weighted by molar-refractivity contribution is -0.143. The second-order valence-electron chi connectivity index (χ2n) is 6.44. The first-order chi connectivity index (χ1) is 14.9. The topological polar surface area (TPSA) is 77.1 Å². The van der Waals surface area contributed by atoms with Gasteiger partial charge in [0.1, 0.15) is 5.76 Å². The third-order valence-electron chi connectivity index (χ3n) is 4.42. The molecule has 0 unspecified atom stereocenters. The minimum atomic E-state index is -5.10. The molecule has 1 aromatic carbocycles. The Hall–Kier alpha value is -3.83. The first-order valence-electron chi connectivity index (χ1n) is 8.77. The van der Waals surface area contributed by atoms with E-state index in [1.54, 1.807) is 0 Å². The summed E-state index contributed by atoms with van der Waals surface area (Å²) in [5.74, 6) is -0.679. The van der Waals surface area contributed by atoms with E-state index in [4.69, 9.17) is 4.42 Å². The van der Waals surface area contributed by atoms with E-state index in [2.05, 4.69) is 5.10 Å². The molecule has 6 nitrogen and oxygen atoms in total. The lowest BCUT2D eigenvalue weighted by atomic mass is 10.0. The molecule has 0 fully saturated rings. The number of amides is 2. The van der Waals surface area contributed by atoms with E-state index in [1.165, 1.54) is 25.3 Å². The van der Waals surface area contributed by atoms with Crippen molar-refractivity contribution >= 4 is 17.9 Å². The Kier molecular flexibility index (Phi) is 5.97. The second-order valence-corrected chi connectivity index (χ2v) is 6.44. The van der Waals surface area contributed by atoms with E-state index in [0.717, 1.165) is 17.0 Å². The summed E-state index contributed by atoms with van der Waals surface area (Å²) in [4.78, 5) is 22.4. The summed E-state index contributed by atoms with van der Waals surface area (Å²) in [5, 5.41) is 5.78.